The molecule has 3 heteroatoms. The van der Waals surface area contributed by atoms with E-state index in [4.69, 9.17) is 10.5 Å². The Bertz CT molecular complexity index is 258. The van der Waals surface area contributed by atoms with Gasteiger partial charge in [0, 0.05) is 12.1 Å². The molecule has 0 saturated carbocycles. The summed E-state index contributed by atoms with van der Waals surface area (Å²) in [7, 11) is 0. The van der Waals surface area contributed by atoms with Crippen LogP contribution >= 0.6 is 0 Å². The number of nitrogens with two attached hydrogens (primary N) is 1. The minimum atomic E-state index is -0.468. The fourth-order valence-corrected chi connectivity index (χ4v) is 1.48. The lowest BCUT2D eigenvalue weighted by Crippen LogP contribution is -2.30. The van der Waals surface area contributed by atoms with Gasteiger partial charge >= 0.3 is 0 Å². The molecule has 72 valence electrons. The summed E-state index contributed by atoms with van der Waals surface area (Å²) in [5, 5.41) is 0. The van der Waals surface area contributed by atoms with E-state index in [1.54, 1.807) is 6.08 Å². The summed E-state index contributed by atoms with van der Waals surface area (Å²) in [5.41, 5.74) is 6.78. The molecule has 0 aromatic rings. The summed E-state index contributed by atoms with van der Waals surface area (Å²) in [6, 6.07) is 0. The highest BCUT2D eigenvalue weighted by Crippen LogP contribution is 2.27. The summed E-state index contributed by atoms with van der Waals surface area (Å²) in [6.07, 6.45) is 1.96. The lowest BCUT2D eigenvalue weighted by molar-refractivity contribution is 0.0738. The molecule has 1 atom stereocenters. The van der Waals surface area contributed by atoms with E-state index in [-0.39, 0.29) is 12.6 Å². The van der Waals surface area contributed by atoms with E-state index in [0.717, 1.165) is 5.57 Å². The highest BCUT2D eigenvalue weighted by atomic mass is 19.1. The van der Waals surface area contributed by atoms with Gasteiger partial charge in [0.2, 0.25) is 0 Å². The maximum Gasteiger partial charge on any atom is 0.122 e. The molecule has 0 aromatic heterocycles. The molecule has 1 unspecified atom stereocenters. The topological polar surface area (TPSA) is 35.2 Å². The van der Waals surface area contributed by atoms with Gasteiger partial charge in [0.1, 0.15) is 5.83 Å². The Morgan fingerprint density at radius 2 is 2.46 bits per heavy atom. The molecule has 0 radical (unpaired) electrons. The van der Waals surface area contributed by atoms with E-state index < -0.39 is 5.83 Å². The second-order valence-corrected chi connectivity index (χ2v) is 2.89. The molecule has 1 aliphatic heterocycles. The van der Waals surface area contributed by atoms with Crippen molar-refractivity contribution in [2.45, 2.75) is 12.5 Å². The van der Waals surface area contributed by atoms with Gasteiger partial charge in [0.25, 0.3) is 0 Å². The van der Waals surface area contributed by atoms with Gasteiger partial charge < -0.3 is 10.5 Å². The molecule has 1 rings (SSSR count). The summed E-state index contributed by atoms with van der Waals surface area (Å²) in [5.74, 6) is -0.468. The van der Waals surface area contributed by atoms with Gasteiger partial charge in [0.05, 0.1) is 12.7 Å². The van der Waals surface area contributed by atoms with E-state index in [0.29, 0.717) is 18.6 Å². The number of hydrogen-bond acceptors (Lipinski definition) is 2. The van der Waals surface area contributed by atoms with Crippen molar-refractivity contribution < 1.29 is 9.13 Å². The molecule has 0 bridgehead atoms. The van der Waals surface area contributed by atoms with E-state index in [2.05, 4.69) is 13.2 Å². The zero-order valence-electron chi connectivity index (χ0n) is 7.55. The Morgan fingerprint density at radius 3 is 2.92 bits per heavy atom. The largest absolute Gasteiger partial charge is 0.372 e. The van der Waals surface area contributed by atoms with E-state index in [1.807, 2.05) is 0 Å². The van der Waals surface area contributed by atoms with Crippen molar-refractivity contribution in [3.63, 3.8) is 0 Å². The normalized spacial score (nSPS) is 23.1. The summed E-state index contributed by atoms with van der Waals surface area (Å²) in [4.78, 5) is 0. The minimum Gasteiger partial charge on any atom is -0.372 e. The molecule has 1 aliphatic rings. The van der Waals surface area contributed by atoms with Crippen molar-refractivity contribution in [2.75, 3.05) is 13.2 Å². The molecule has 1 heterocycles. The van der Waals surface area contributed by atoms with Crippen molar-refractivity contribution in [3.8, 4) is 0 Å². The van der Waals surface area contributed by atoms with Crippen LogP contribution in [0.3, 0.4) is 0 Å². The predicted octanol–water partition coefficient (Wildman–Crippen LogP) is 1.70. The molecule has 2 N–H and O–H groups in total. The third-order valence-electron chi connectivity index (χ3n) is 2.11. The van der Waals surface area contributed by atoms with Crippen LogP contribution in [0.4, 0.5) is 4.39 Å². The fraction of sp³-hybridized carbons (Fsp3) is 0.400. The van der Waals surface area contributed by atoms with E-state index in [1.165, 1.54) is 0 Å². The van der Waals surface area contributed by atoms with Gasteiger partial charge in [-0.05, 0) is 12.0 Å². The third-order valence-corrected chi connectivity index (χ3v) is 2.11. The molecule has 2 nitrogen and oxygen atoms in total. The molecule has 13 heavy (non-hydrogen) atoms. The Balaban J connectivity index is 3.03. The second-order valence-electron chi connectivity index (χ2n) is 2.89. The van der Waals surface area contributed by atoms with Crippen LogP contribution in [0.25, 0.3) is 0 Å². The van der Waals surface area contributed by atoms with Gasteiger partial charge in [-0.25, -0.2) is 4.39 Å². The Labute approximate surface area is 77.6 Å². The molecule has 0 amide bonds. The van der Waals surface area contributed by atoms with Crippen LogP contribution in [-0.4, -0.2) is 19.3 Å². The van der Waals surface area contributed by atoms with Crippen molar-refractivity contribution >= 4 is 0 Å². The van der Waals surface area contributed by atoms with Crippen LogP contribution in [0, 0.1) is 0 Å². The molecule has 0 spiro atoms. The van der Waals surface area contributed by atoms with Crippen LogP contribution in [0.5, 0.6) is 0 Å². The summed E-state index contributed by atoms with van der Waals surface area (Å²) >= 11 is 0. The minimum absolute atomic E-state index is 0.273. The molecular weight excluding hydrogens is 169 g/mol. The van der Waals surface area contributed by atoms with Crippen LogP contribution < -0.4 is 5.73 Å². The maximum atomic E-state index is 13.0. The Kier molecular flexibility index (Phi) is 3.39. The van der Waals surface area contributed by atoms with Crippen molar-refractivity contribution in [1.82, 2.24) is 0 Å². The quantitative estimate of drug-likeness (QED) is 0.722. The number of rotatable bonds is 3. The average Bonchev–Trinajstić information content (AvgIpc) is 2.16. The predicted molar refractivity (Wildman–Crippen MR) is 50.9 cm³/mol. The van der Waals surface area contributed by atoms with Gasteiger partial charge in [-0.15, -0.1) is 0 Å². The molecule has 0 aromatic carbocycles. The number of allylic oxidation sites excluding steroid dienone is 1. The summed E-state index contributed by atoms with van der Waals surface area (Å²) < 4.78 is 18.3. The van der Waals surface area contributed by atoms with Gasteiger partial charge in [-0.2, -0.15) is 0 Å². The lowest BCUT2D eigenvalue weighted by Gasteiger charge is -2.25. The van der Waals surface area contributed by atoms with Crippen LogP contribution in [0.2, 0.25) is 0 Å². The molecule has 0 fully saturated rings. The monoisotopic (exact) mass is 183 g/mol. The standard InChI is InChI=1S/C10H14FNO/c1-3-8-4-5-13-9(6-12)10(8)7(2)11/h3,9H,1-2,4-6,12H2. The smallest absolute Gasteiger partial charge is 0.122 e. The highest BCUT2D eigenvalue weighted by molar-refractivity contribution is 5.39. The van der Waals surface area contributed by atoms with Crippen LogP contribution in [0.1, 0.15) is 6.42 Å². The Morgan fingerprint density at radius 1 is 1.77 bits per heavy atom. The molecule has 0 saturated heterocycles. The first-order valence-electron chi connectivity index (χ1n) is 4.22. The molecule has 0 aliphatic carbocycles. The zero-order chi connectivity index (χ0) is 9.84. The number of halogens is 1. The summed E-state index contributed by atoms with van der Waals surface area (Å²) in [6.45, 7) is 7.73. The van der Waals surface area contributed by atoms with Crippen LogP contribution in [0.15, 0.2) is 36.2 Å². The highest BCUT2D eigenvalue weighted by Gasteiger charge is 2.23. The van der Waals surface area contributed by atoms with Crippen molar-refractivity contribution in [1.29, 1.82) is 0 Å². The second kappa shape index (κ2) is 4.35. The van der Waals surface area contributed by atoms with Crippen molar-refractivity contribution in [2.24, 2.45) is 5.73 Å². The Hall–Kier alpha value is -0.930. The fourth-order valence-electron chi connectivity index (χ4n) is 1.48. The maximum absolute atomic E-state index is 13.0. The van der Waals surface area contributed by atoms with Gasteiger partial charge in [-0.1, -0.05) is 19.2 Å². The van der Waals surface area contributed by atoms with Crippen LogP contribution in [-0.2, 0) is 4.74 Å². The lowest BCUT2D eigenvalue weighted by atomic mass is 9.97. The number of hydrogen-bond donors (Lipinski definition) is 1. The van der Waals surface area contributed by atoms with Gasteiger partial charge in [-0.3, -0.25) is 0 Å². The first-order chi connectivity index (χ1) is 6.20. The first kappa shape index (κ1) is 10.2. The van der Waals surface area contributed by atoms with Gasteiger partial charge in [0.15, 0.2) is 0 Å². The molecular formula is C10H14FNO. The zero-order valence-corrected chi connectivity index (χ0v) is 7.55. The number of ether oxygens (including phenoxy) is 1. The van der Waals surface area contributed by atoms with Crippen molar-refractivity contribution in [3.05, 3.63) is 36.2 Å². The van der Waals surface area contributed by atoms with E-state index >= 15 is 0 Å². The first-order valence-corrected chi connectivity index (χ1v) is 4.22. The van der Waals surface area contributed by atoms with E-state index in [9.17, 15) is 4.39 Å². The third kappa shape index (κ3) is 2.05. The average molecular weight is 183 g/mol. The SMILES string of the molecule is C=CC1=C(C(=C)F)C(CN)OCC1.